The van der Waals surface area contributed by atoms with Gasteiger partial charge in [-0.15, -0.1) is 11.3 Å². The van der Waals surface area contributed by atoms with E-state index in [4.69, 9.17) is 4.74 Å². The van der Waals surface area contributed by atoms with Gasteiger partial charge in [0.25, 0.3) is 0 Å². The lowest BCUT2D eigenvalue weighted by atomic mass is 9.75. The number of thiazole rings is 1. The number of amides is 1. The first-order chi connectivity index (χ1) is 11.3. The third-order valence-electron chi connectivity index (χ3n) is 4.55. The van der Waals surface area contributed by atoms with E-state index in [1.165, 1.54) is 12.8 Å². The fraction of sp³-hybridized carbons (Fsp3) is 0.778. The predicted octanol–water partition coefficient (Wildman–Crippen LogP) is 4.05. The number of likely N-dealkylation sites (tertiary alicyclic amines) is 1. The van der Waals surface area contributed by atoms with E-state index in [-0.39, 0.29) is 11.5 Å². The van der Waals surface area contributed by atoms with Gasteiger partial charge in [0, 0.05) is 31.6 Å². The van der Waals surface area contributed by atoms with Gasteiger partial charge in [0.15, 0.2) is 0 Å². The fourth-order valence-electron chi connectivity index (χ4n) is 3.32. The van der Waals surface area contributed by atoms with Crippen LogP contribution in [0, 0.1) is 5.41 Å². The summed E-state index contributed by atoms with van der Waals surface area (Å²) in [6.07, 6.45) is 4.25. The molecule has 1 aromatic heterocycles. The average molecular weight is 354 g/mol. The smallest absolute Gasteiger partial charge is 0.410 e. The van der Waals surface area contributed by atoms with Crippen molar-refractivity contribution >= 4 is 17.4 Å². The zero-order chi connectivity index (χ0) is 17.6. The van der Waals surface area contributed by atoms with Gasteiger partial charge in [-0.2, -0.15) is 0 Å². The highest BCUT2D eigenvalue weighted by atomic mass is 32.1. The van der Waals surface area contributed by atoms with Crippen LogP contribution in [0.25, 0.3) is 0 Å². The van der Waals surface area contributed by atoms with Crippen LogP contribution in [0.2, 0.25) is 0 Å². The van der Waals surface area contributed by atoms with Gasteiger partial charge in [0.05, 0.1) is 11.2 Å². The molecule has 6 heteroatoms. The van der Waals surface area contributed by atoms with Crippen molar-refractivity contribution in [3.05, 3.63) is 16.6 Å². The van der Waals surface area contributed by atoms with Gasteiger partial charge >= 0.3 is 6.09 Å². The molecule has 1 fully saturated rings. The van der Waals surface area contributed by atoms with E-state index >= 15 is 0 Å². The average Bonchev–Trinajstić information content (AvgIpc) is 3.00. The molecule has 1 amide bonds. The fourth-order valence-corrected chi connectivity index (χ4v) is 3.87. The number of nitrogens with zero attached hydrogens (tertiary/aromatic N) is 2. The monoisotopic (exact) mass is 353 g/mol. The van der Waals surface area contributed by atoms with Crippen LogP contribution < -0.4 is 5.32 Å². The summed E-state index contributed by atoms with van der Waals surface area (Å²) < 4.78 is 5.50. The molecule has 0 unspecified atom stereocenters. The van der Waals surface area contributed by atoms with Crippen molar-refractivity contribution in [1.29, 1.82) is 0 Å². The van der Waals surface area contributed by atoms with Crippen LogP contribution in [0.1, 0.15) is 59.1 Å². The summed E-state index contributed by atoms with van der Waals surface area (Å²) in [4.78, 5) is 18.4. The molecule has 5 nitrogen and oxygen atoms in total. The largest absolute Gasteiger partial charge is 0.444 e. The molecule has 0 bridgehead atoms. The van der Waals surface area contributed by atoms with Gasteiger partial charge in [-0.05, 0) is 45.4 Å². The van der Waals surface area contributed by atoms with Gasteiger partial charge in [-0.3, -0.25) is 0 Å². The molecular weight excluding hydrogens is 322 g/mol. The highest BCUT2D eigenvalue weighted by Crippen LogP contribution is 2.36. The number of rotatable bonds is 6. The first-order valence-electron chi connectivity index (χ1n) is 8.89. The molecule has 1 aromatic rings. The molecule has 1 aliphatic heterocycles. The minimum absolute atomic E-state index is 0.178. The summed E-state index contributed by atoms with van der Waals surface area (Å²) in [6, 6.07) is 0. The van der Waals surface area contributed by atoms with E-state index in [9.17, 15) is 4.79 Å². The van der Waals surface area contributed by atoms with Crippen LogP contribution in [0.3, 0.4) is 0 Å². The summed E-state index contributed by atoms with van der Waals surface area (Å²) in [5, 5.41) is 5.66. The zero-order valence-corrected chi connectivity index (χ0v) is 16.2. The molecule has 0 aromatic carbocycles. The molecule has 0 radical (unpaired) electrons. The normalized spacial score (nSPS) is 17.8. The molecule has 0 saturated carbocycles. The minimum atomic E-state index is -0.426. The Labute approximate surface area is 149 Å². The van der Waals surface area contributed by atoms with Crippen LogP contribution >= 0.6 is 11.3 Å². The number of hydrogen-bond acceptors (Lipinski definition) is 5. The molecule has 2 rings (SSSR count). The van der Waals surface area contributed by atoms with Crippen LogP contribution in [0.5, 0.6) is 0 Å². The van der Waals surface area contributed by atoms with Crippen molar-refractivity contribution in [3.8, 4) is 0 Å². The molecule has 1 N–H and O–H groups in total. The number of piperidine rings is 1. The third kappa shape index (κ3) is 5.74. The first-order valence-corrected chi connectivity index (χ1v) is 9.84. The SMILES string of the molecule is CCCC1(CNCc2cscn2)CCN(C(=O)OC(C)(C)C)CC1. The second-order valence-electron chi connectivity index (χ2n) is 7.80. The summed E-state index contributed by atoms with van der Waals surface area (Å²) in [5.74, 6) is 0. The standard InChI is InChI=1S/C18H31N3O2S/c1-5-6-18(13-19-11-15-12-24-14-20-15)7-9-21(10-8-18)16(22)23-17(2,3)4/h12,14,19H,5-11,13H2,1-4H3. The van der Waals surface area contributed by atoms with Crippen LogP contribution in [0.15, 0.2) is 10.9 Å². The highest BCUT2D eigenvalue weighted by molar-refractivity contribution is 7.07. The molecule has 0 atom stereocenters. The lowest BCUT2D eigenvalue weighted by Gasteiger charge is -2.42. The first kappa shape index (κ1) is 19.2. The van der Waals surface area contributed by atoms with Crippen LogP contribution in [0.4, 0.5) is 4.79 Å². The molecule has 0 aliphatic carbocycles. The number of hydrogen-bond donors (Lipinski definition) is 1. The summed E-state index contributed by atoms with van der Waals surface area (Å²) in [6.45, 7) is 11.4. The van der Waals surface area contributed by atoms with Gasteiger partial charge in [-0.1, -0.05) is 13.3 Å². The van der Waals surface area contributed by atoms with Crippen molar-refractivity contribution < 1.29 is 9.53 Å². The van der Waals surface area contributed by atoms with E-state index in [1.54, 1.807) is 11.3 Å². The highest BCUT2D eigenvalue weighted by Gasteiger charge is 2.36. The minimum Gasteiger partial charge on any atom is -0.444 e. The molecular formula is C18H31N3O2S. The number of nitrogens with one attached hydrogen (secondary N) is 1. The van der Waals surface area contributed by atoms with Gasteiger partial charge in [-0.25, -0.2) is 9.78 Å². The summed E-state index contributed by atoms with van der Waals surface area (Å²) in [5.41, 5.74) is 2.84. The predicted molar refractivity (Wildman–Crippen MR) is 98.2 cm³/mol. The van der Waals surface area contributed by atoms with Gasteiger partial charge < -0.3 is 15.0 Å². The Kier molecular flexibility index (Phi) is 6.63. The van der Waals surface area contributed by atoms with Gasteiger partial charge in [0.2, 0.25) is 0 Å². The third-order valence-corrected chi connectivity index (χ3v) is 5.18. The topological polar surface area (TPSA) is 54.5 Å². The Hall–Kier alpha value is -1.14. The molecule has 1 aliphatic rings. The zero-order valence-electron chi connectivity index (χ0n) is 15.4. The van der Waals surface area contributed by atoms with E-state index in [0.29, 0.717) is 0 Å². The molecule has 24 heavy (non-hydrogen) atoms. The molecule has 136 valence electrons. The maximum atomic E-state index is 12.2. The number of ether oxygens (including phenoxy) is 1. The maximum Gasteiger partial charge on any atom is 0.410 e. The van der Waals surface area contributed by atoms with Crippen molar-refractivity contribution in [3.63, 3.8) is 0 Å². The molecule has 0 spiro atoms. The number of carbonyl (C=O) groups is 1. The van der Waals surface area contributed by atoms with E-state index in [2.05, 4.69) is 22.6 Å². The van der Waals surface area contributed by atoms with Crippen molar-refractivity contribution in [2.24, 2.45) is 5.41 Å². The van der Waals surface area contributed by atoms with Crippen molar-refractivity contribution in [1.82, 2.24) is 15.2 Å². The lowest BCUT2D eigenvalue weighted by Crippen LogP contribution is -2.48. The Morgan fingerprint density at radius 2 is 2.12 bits per heavy atom. The van der Waals surface area contributed by atoms with Crippen molar-refractivity contribution in [2.75, 3.05) is 19.6 Å². The summed E-state index contributed by atoms with van der Waals surface area (Å²) >= 11 is 1.63. The summed E-state index contributed by atoms with van der Waals surface area (Å²) in [7, 11) is 0. The number of carbonyl (C=O) groups excluding carboxylic acids is 1. The van der Waals surface area contributed by atoms with Crippen LogP contribution in [-0.2, 0) is 11.3 Å². The number of aromatic nitrogens is 1. The quantitative estimate of drug-likeness (QED) is 0.838. The lowest BCUT2D eigenvalue weighted by molar-refractivity contribution is 0.00876. The Morgan fingerprint density at radius 1 is 1.42 bits per heavy atom. The Balaban J connectivity index is 1.84. The maximum absolute atomic E-state index is 12.2. The van der Waals surface area contributed by atoms with Crippen LogP contribution in [-0.4, -0.2) is 41.2 Å². The Bertz CT molecular complexity index is 503. The van der Waals surface area contributed by atoms with E-state index in [1.807, 2.05) is 31.2 Å². The second kappa shape index (κ2) is 8.30. The molecule has 2 heterocycles. The Morgan fingerprint density at radius 3 is 2.67 bits per heavy atom. The van der Waals surface area contributed by atoms with E-state index in [0.717, 1.165) is 44.7 Å². The van der Waals surface area contributed by atoms with Gasteiger partial charge in [0.1, 0.15) is 5.60 Å². The second-order valence-corrected chi connectivity index (χ2v) is 8.52. The van der Waals surface area contributed by atoms with Crippen molar-refractivity contribution in [2.45, 2.75) is 65.5 Å². The van der Waals surface area contributed by atoms with E-state index < -0.39 is 5.60 Å². The molecule has 1 saturated heterocycles.